The second-order valence-electron chi connectivity index (χ2n) is 14.6. The fourth-order valence-corrected chi connectivity index (χ4v) is 7.48. The minimum absolute atomic E-state index is 0.581. The third kappa shape index (κ3) is 7.83. The molecule has 10 aromatic rings. The molecule has 7 aromatic carbocycles. The SMILES string of the molecule is Cc1cccc(-c2ccc(-c3cccc(-c4nc(-c5ccccc5)nc(-c5ccccc5)n4)c3)cc2-c2ccccc2-c2nc(-c3ccccc3)nc(-c3ccccc3)n2)n1. The lowest BCUT2D eigenvalue weighted by atomic mass is 9.90. The minimum Gasteiger partial charge on any atom is -0.253 e. The van der Waals surface area contributed by atoms with Crippen LogP contribution in [0.25, 0.3) is 102 Å². The van der Waals surface area contributed by atoms with Crippen molar-refractivity contribution in [2.24, 2.45) is 0 Å². The van der Waals surface area contributed by atoms with Crippen molar-refractivity contribution in [2.75, 3.05) is 0 Å². The van der Waals surface area contributed by atoms with E-state index in [0.717, 1.165) is 72.6 Å². The Labute approximate surface area is 354 Å². The van der Waals surface area contributed by atoms with E-state index in [9.17, 15) is 0 Å². The number of pyridine rings is 1. The highest BCUT2D eigenvalue weighted by atomic mass is 15.0. The average Bonchev–Trinajstić information content (AvgIpc) is 3.34. The van der Waals surface area contributed by atoms with Gasteiger partial charge < -0.3 is 0 Å². The number of aromatic nitrogens is 7. The van der Waals surface area contributed by atoms with E-state index in [4.69, 9.17) is 34.9 Å². The van der Waals surface area contributed by atoms with Gasteiger partial charge in [0.05, 0.1) is 5.69 Å². The van der Waals surface area contributed by atoms with Gasteiger partial charge in [-0.3, -0.25) is 4.98 Å². The number of benzene rings is 7. The van der Waals surface area contributed by atoms with Crippen LogP contribution in [0.4, 0.5) is 0 Å². The second kappa shape index (κ2) is 16.5. The van der Waals surface area contributed by atoms with E-state index in [-0.39, 0.29) is 0 Å². The molecule has 7 heteroatoms. The van der Waals surface area contributed by atoms with Crippen LogP contribution in [0.5, 0.6) is 0 Å². The van der Waals surface area contributed by atoms with E-state index < -0.39 is 0 Å². The molecule has 0 aliphatic rings. The van der Waals surface area contributed by atoms with E-state index in [1.807, 2.05) is 140 Å². The quantitative estimate of drug-likeness (QED) is 0.144. The number of aryl methyl sites for hydroxylation is 1. The Balaban J connectivity index is 1.13. The Bertz CT molecular complexity index is 3020. The summed E-state index contributed by atoms with van der Waals surface area (Å²) in [5.74, 6) is 3.63. The summed E-state index contributed by atoms with van der Waals surface area (Å²) >= 11 is 0. The maximum Gasteiger partial charge on any atom is 0.164 e. The van der Waals surface area contributed by atoms with Crippen LogP contribution >= 0.6 is 0 Å². The van der Waals surface area contributed by atoms with Crippen molar-refractivity contribution >= 4 is 0 Å². The van der Waals surface area contributed by atoms with Gasteiger partial charge in [-0.1, -0.05) is 182 Å². The first-order chi connectivity index (χ1) is 30.1. The highest BCUT2D eigenvalue weighted by Gasteiger charge is 2.20. The maximum absolute atomic E-state index is 5.13. The monoisotopic (exact) mass is 783 g/mol. The van der Waals surface area contributed by atoms with E-state index in [1.165, 1.54) is 0 Å². The van der Waals surface area contributed by atoms with Crippen molar-refractivity contribution < 1.29 is 0 Å². The van der Waals surface area contributed by atoms with E-state index in [1.54, 1.807) is 0 Å². The van der Waals surface area contributed by atoms with Crippen molar-refractivity contribution in [1.29, 1.82) is 0 Å². The van der Waals surface area contributed by atoms with Gasteiger partial charge >= 0.3 is 0 Å². The third-order valence-corrected chi connectivity index (χ3v) is 10.5. The van der Waals surface area contributed by atoms with Crippen LogP contribution in [0.15, 0.2) is 206 Å². The zero-order valence-corrected chi connectivity index (χ0v) is 33.3. The van der Waals surface area contributed by atoms with Gasteiger partial charge in [-0.15, -0.1) is 0 Å². The summed E-state index contributed by atoms with van der Waals surface area (Å²) < 4.78 is 0. The molecule has 0 radical (unpaired) electrons. The molecule has 7 nitrogen and oxygen atoms in total. The van der Waals surface area contributed by atoms with Crippen molar-refractivity contribution in [3.8, 4) is 102 Å². The second-order valence-corrected chi connectivity index (χ2v) is 14.6. The van der Waals surface area contributed by atoms with Gasteiger partial charge in [0.25, 0.3) is 0 Å². The molecule has 3 aromatic heterocycles. The molecule has 288 valence electrons. The summed E-state index contributed by atoms with van der Waals surface area (Å²) in [7, 11) is 0. The van der Waals surface area contributed by atoms with E-state index in [2.05, 4.69) is 72.8 Å². The fourth-order valence-electron chi connectivity index (χ4n) is 7.48. The molecule has 0 spiro atoms. The minimum atomic E-state index is 0.581. The van der Waals surface area contributed by atoms with Crippen molar-refractivity contribution in [1.82, 2.24) is 34.9 Å². The van der Waals surface area contributed by atoms with Crippen LogP contribution in [0, 0.1) is 6.92 Å². The highest BCUT2D eigenvalue weighted by molar-refractivity contribution is 5.92. The molecule has 10 rings (SSSR count). The Morgan fingerprint density at radius 3 is 1.13 bits per heavy atom. The Morgan fingerprint density at radius 1 is 0.230 bits per heavy atom. The smallest absolute Gasteiger partial charge is 0.164 e. The summed E-state index contributed by atoms with van der Waals surface area (Å²) in [6.07, 6.45) is 0. The van der Waals surface area contributed by atoms with Gasteiger partial charge in [0, 0.05) is 44.6 Å². The average molecular weight is 784 g/mol. The predicted octanol–water partition coefficient (Wildman–Crippen LogP) is 12.8. The largest absolute Gasteiger partial charge is 0.253 e. The Morgan fingerprint density at radius 2 is 0.623 bits per heavy atom. The first-order valence-electron chi connectivity index (χ1n) is 20.2. The van der Waals surface area contributed by atoms with E-state index >= 15 is 0 Å². The normalized spacial score (nSPS) is 11.0. The van der Waals surface area contributed by atoms with Crippen molar-refractivity contribution in [3.05, 3.63) is 212 Å². The number of hydrogen-bond donors (Lipinski definition) is 0. The first-order valence-corrected chi connectivity index (χ1v) is 20.2. The molecule has 0 atom stereocenters. The van der Waals surface area contributed by atoms with E-state index in [0.29, 0.717) is 34.9 Å². The van der Waals surface area contributed by atoms with Gasteiger partial charge in [-0.2, -0.15) is 0 Å². The topological polar surface area (TPSA) is 90.2 Å². The van der Waals surface area contributed by atoms with Crippen LogP contribution in [0.3, 0.4) is 0 Å². The molecular weight excluding hydrogens is 747 g/mol. The van der Waals surface area contributed by atoms with Crippen molar-refractivity contribution in [2.45, 2.75) is 6.92 Å². The van der Waals surface area contributed by atoms with Crippen LogP contribution in [0.2, 0.25) is 0 Å². The molecule has 0 aliphatic heterocycles. The predicted molar refractivity (Wildman–Crippen MR) is 245 cm³/mol. The summed E-state index contributed by atoms with van der Waals surface area (Å²) in [5, 5.41) is 0. The van der Waals surface area contributed by atoms with Crippen LogP contribution < -0.4 is 0 Å². The Kier molecular flexibility index (Phi) is 10.0. The molecule has 61 heavy (non-hydrogen) atoms. The summed E-state index contributed by atoms with van der Waals surface area (Å²) in [6, 6.07) is 69.6. The molecule has 0 unspecified atom stereocenters. The molecule has 0 N–H and O–H groups in total. The van der Waals surface area contributed by atoms with Crippen molar-refractivity contribution in [3.63, 3.8) is 0 Å². The highest BCUT2D eigenvalue weighted by Crippen LogP contribution is 2.40. The number of nitrogens with zero attached hydrogens (tertiary/aromatic N) is 7. The molecular formula is C54H37N7. The lowest BCUT2D eigenvalue weighted by Crippen LogP contribution is -2.01. The van der Waals surface area contributed by atoms with Crippen LogP contribution in [-0.2, 0) is 0 Å². The molecule has 0 saturated heterocycles. The molecule has 0 saturated carbocycles. The first kappa shape index (κ1) is 37.0. The number of rotatable bonds is 9. The summed E-state index contributed by atoms with van der Waals surface area (Å²) in [6.45, 7) is 2.02. The van der Waals surface area contributed by atoms with Gasteiger partial charge in [0.15, 0.2) is 34.9 Å². The van der Waals surface area contributed by atoms with Gasteiger partial charge in [-0.05, 0) is 53.4 Å². The fraction of sp³-hybridized carbons (Fsp3) is 0.0185. The number of hydrogen-bond acceptors (Lipinski definition) is 7. The summed E-state index contributed by atoms with van der Waals surface area (Å²) in [4.78, 5) is 35.2. The molecule has 0 amide bonds. The van der Waals surface area contributed by atoms with Gasteiger partial charge in [0.1, 0.15) is 0 Å². The zero-order chi connectivity index (χ0) is 41.0. The lowest BCUT2D eigenvalue weighted by Gasteiger charge is -2.17. The van der Waals surface area contributed by atoms with Crippen LogP contribution in [0.1, 0.15) is 5.69 Å². The molecule has 3 heterocycles. The summed E-state index contributed by atoms with van der Waals surface area (Å²) in [5.41, 5.74) is 12.3. The standard InChI is InChI=1S/C54H37N7/c1-36-18-16-31-48(55-36)45-33-32-42(41-27-17-28-43(34-41)53-58-49(37-19-6-2-7-20-37)56-50(59-53)38-21-8-3-9-22-38)35-47(45)44-29-14-15-30-46(44)54-60-51(39-23-10-4-11-24-39)57-52(61-54)40-25-12-5-13-26-40/h2-35H,1H3. The van der Waals surface area contributed by atoms with Gasteiger partial charge in [-0.25, -0.2) is 29.9 Å². The van der Waals surface area contributed by atoms with Gasteiger partial charge in [0.2, 0.25) is 0 Å². The maximum atomic E-state index is 5.13. The Hall–Kier alpha value is -8.29. The zero-order valence-electron chi connectivity index (χ0n) is 33.3. The molecule has 0 bridgehead atoms. The third-order valence-electron chi connectivity index (χ3n) is 10.5. The molecule has 0 fully saturated rings. The van der Waals surface area contributed by atoms with Crippen LogP contribution in [-0.4, -0.2) is 34.9 Å². The lowest BCUT2D eigenvalue weighted by molar-refractivity contribution is 1.07. The molecule has 0 aliphatic carbocycles.